The average molecular weight is 231 g/mol. The second kappa shape index (κ2) is 6.98. The highest BCUT2D eigenvalue weighted by molar-refractivity contribution is 7.80. The Hall–Kier alpha value is -0.390. The quantitative estimate of drug-likeness (QED) is 0.549. The highest BCUT2D eigenvalue weighted by Gasteiger charge is 2.12. The van der Waals surface area contributed by atoms with Gasteiger partial charge in [-0.2, -0.15) is 0 Å². The molecule has 0 unspecified atom stereocenters. The Balaban J connectivity index is 2.07. The van der Waals surface area contributed by atoms with Crippen molar-refractivity contribution >= 4 is 17.3 Å². The summed E-state index contributed by atoms with van der Waals surface area (Å²) in [6.07, 6.45) is 1.12. The van der Waals surface area contributed by atoms with E-state index in [4.69, 9.17) is 17.0 Å². The van der Waals surface area contributed by atoms with Gasteiger partial charge in [-0.25, -0.2) is 0 Å². The molecule has 1 saturated heterocycles. The maximum Gasteiger partial charge on any atom is 0.169 e. The number of nitrogens with zero attached hydrogens (tertiary/aromatic N) is 2. The maximum atomic E-state index is 5.30. The van der Waals surface area contributed by atoms with Crippen LogP contribution >= 0.6 is 12.2 Å². The van der Waals surface area contributed by atoms with E-state index in [1.54, 1.807) is 0 Å². The first-order valence-corrected chi connectivity index (χ1v) is 5.86. The van der Waals surface area contributed by atoms with E-state index in [-0.39, 0.29) is 0 Å². The first-order valence-electron chi connectivity index (χ1n) is 5.45. The van der Waals surface area contributed by atoms with Crippen molar-refractivity contribution < 1.29 is 4.74 Å². The Morgan fingerprint density at radius 2 is 2.07 bits per heavy atom. The zero-order valence-electron chi connectivity index (χ0n) is 9.66. The fraction of sp³-hybridized carbons (Fsp3) is 0.900. The van der Waals surface area contributed by atoms with Crippen LogP contribution in [0.5, 0.6) is 0 Å². The molecule has 15 heavy (non-hydrogen) atoms. The van der Waals surface area contributed by atoms with Gasteiger partial charge in [0.15, 0.2) is 5.11 Å². The summed E-state index contributed by atoms with van der Waals surface area (Å²) in [5, 5.41) is 4.16. The molecule has 0 aromatic carbocycles. The topological polar surface area (TPSA) is 27.7 Å². The van der Waals surface area contributed by atoms with E-state index in [9.17, 15) is 0 Å². The third kappa shape index (κ3) is 5.30. The zero-order valence-corrected chi connectivity index (χ0v) is 10.5. The van der Waals surface area contributed by atoms with Crippen molar-refractivity contribution in [3.63, 3.8) is 0 Å². The van der Waals surface area contributed by atoms with E-state index in [0.717, 1.165) is 50.9 Å². The molecule has 1 heterocycles. The van der Waals surface area contributed by atoms with Crippen LogP contribution in [0.2, 0.25) is 0 Å². The van der Waals surface area contributed by atoms with Gasteiger partial charge in [-0.15, -0.1) is 0 Å². The number of rotatable bonds is 4. The van der Waals surface area contributed by atoms with Crippen molar-refractivity contribution in [2.24, 2.45) is 0 Å². The Morgan fingerprint density at radius 3 is 2.67 bits per heavy atom. The average Bonchev–Trinajstić information content (AvgIpc) is 2.25. The van der Waals surface area contributed by atoms with Crippen LogP contribution in [-0.2, 0) is 4.74 Å². The monoisotopic (exact) mass is 231 g/mol. The molecule has 0 radical (unpaired) electrons. The summed E-state index contributed by atoms with van der Waals surface area (Å²) in [6, 6.07) is 0. The summed E-state index contributed by atoms with van der Waals surface area (Å²) >= 11 is 5.30. The van der Waals surface area contributed by atoms with Gasteiger partial charge >= 0.3 is 0 Å². The minimum Gasteiger partial charge on any atom is -0.378 e. The molecule has 0 aromatic heterocycles. The molecule has 0 bridgehead atoms. The van der Waals surface area contributed by atoms with Crippen LogP contribution in [0.15, 0.2) is 0 Å². The highest BCUT2D eigenvalue weighted by Crippen LogP contribution is 1.97. The largest absolute Gasteiger partial charge is 0.378 e. The summed E-state index contributed by atoms with van der Waals surface area (Å²) in [5.41, 5.74) is 0. The summed E-state index contributed by atoms with van der Waals surface area (Å²) in [5.74, 6) is 0. The van der Waals surface area contributed by atoms with E-state index in [0.29, 0.717) is 0 Å². The highest BCUT2D eigenvalue weighted by atomic mass is 32.1. The lowest BCUT2D eigenvalue weighted by atomic mass is 10.4. The number of thiocarbonyl (C=S) groups is 1. The van der Waals surface area contributed by atoms with Crippen LogP contribution in [0.3, 0.4) is 0 Å². The smallest absolute Gasteiger partial charge is 0.169 e. The van der Waals surface area contributed by atoms with Gasteiger partial charge in [0, 0.05) is 19.6 Å². The summed E-state index contributed by atoms with van der Waals surface area (Å²) in [6.45, 7) is 5.46. The molecule has 1 fully saturated rings. The Kier molecular flexibility index (Phi) is 5.90. The van der Waals surface area contributed by atoms with Crippen LogP contribution < -0.4 is 5.32 Å². The molecule has 1 N–H and O–H groups in total. The summed E-state index contributed by atoms with van der Waals surface area (Å²) in [4.78, 5) is 4.36. The normalized spacial score (nSPS) is 16.9. The van der Waals surface area contributed by atoms with E-state index in [1.807, 2.05) is 0 Å². The third-order valence-corrected chi connectivity index (χ3v) is 2.76. The van der Waals surface area contributed by atoms with Gasteiger partial charge in [0.05, 0.1) is 13.2 Å². The van der Waals surface area contributed by atoms with Crippen molar-refractivity contribution in [1.82, 2.24) is 15.1 Å². The van der Waals surface area contributed by atoms with Gasteiger partial charge in [-0.1, -0.05) is 0 Å². The number of ether oxygens (including phenoxy) is 1. The van der Waals surface area contributed by atoms with Crippen LogP contribution in [0.1, 0.15) is 6.42 Å². The van der Waals surface area contributed by atoms with E-state index in [1.165, 1.54) is 0 Å². The molecular weight excluding hydrogens is 210 g/mol. The molecule has 1 rings (SSSR count). The van der Waals surface area contributed by atoms with E-state index < -0.39 is 0 Å². The predicted molar refractivity (Wildman–Crippen MR) is 66.2 cm³/mol. The van der Waals surface area contributed by atoms with Crippen LogP contribution in [0, 0.1) is 0 Å². The lowest BCUT2D eigenvalue weighted by Gasteiger charge is -2.29. The van der Waals surface area contributed by atoms with Crippen LogP contribution in [-0.4, -0.2) is 68.4 Å². The lowest BCUT2D eigenvalue weighted by molar-refractivity contribution is 0.0677. The van der Waals surface area contributed by atoms with Gasteiger partial charge in [-0.05, 0) is 39.3 Å². The second-order valence-corrected chi connectivity index (χ2v) is 4.37. The van der Waals surface area contributed by atoms with Crippen molar-refractivity contribution in [3.8, 4) is 0 Å². The second-order valence-electron chi connectivity index (χ2n) is 3.99. The van der Waals surface area contributed by atoms with Gasteiger partial charge < -0.3 is 19.9 Å². The first-order chi connectivity index (χ1) is 7.20. The lowest BCUT2D eigenvalue weighted by Crippen LogP contribution is -2.46. The summed E-state index contributed by atoms with van der Waals surface area (Å²) < 4.78 is 5.27. The maximum absolute atomic E-state index is 5.30. The molecule has 88 valence electrons. The van der Waals surface area contributed by atoms with E-state index >= 15 is 0 Å². The molecule has 0 atom stereocenters. The van der Waals surface area contributed by atoms with Crippen molar-refractivity contribution in [3.05, 3.63) is 0 Å². The van der Waals surface area contributed by atoms with Crippen molar-refractivity contribution in [2.75, 3.05) is 53.5 Å². The van der Waals surface area contributed by atoms with E-state index in [2.05, 4.69) is 29.2 Å². The molecular formula is C10H21N3OS. The molecule has 0 aromatic rings. The Morgan fingerprint density at radius 1 is 1.40 bits per heavy atom. The number of hydrogen-bond acceptors (Lipinski definition) is 3. The minimum absolute atomic E-state index is 0.791. The molecule has 4 nitrogen and oxygen atoms in total. The minimum atomic E-state index is 0.791. The number of hydrogen-bond donors (Lipinski definition) is 1. The van der Waals surface area contributed by atoms with Gasteiger partial charge in [0.1, 0.15) is 0 Å². The molecule has 0 aliphatic carbocycles. The van der Waals surface area contributed by atoms with Gasteiger partial charge in [-0.3, -0.25) is 0 Å². The van der Waals surface area contributed by atoms with Gasteiger partial charge in [0.25, 0.3) is 0 Å². The first kappa shape index (κ1) is 12.7. The standard InChI is InChI=1S/C10H21N3OS/c1-12(2)5-3-4-11-10(15)13-6-8-14-9-7-13/h3-9H2,1-2H3,(H,11,15). The molecule has 5 heteroatoms. The van der Waals surface area contributed by atoms with Gasteiger partial charge in [0.2, 0.25) is 0 Å². The summed E-state index contributed by atoms with van der Waals surface area (Å²) in [7, 11) is 4.17. The Labute approximate surface area is 97.6 Å². The fourth-order valence-corrected chi connectivity index (χ4v) is 1.75. The SMILES string of the molecule is CN(C)CCCNC(=S)N1CCOCC1. The van der Waals surface area contributed by atoms with Crippen molar-refractivity contribution in [1.29, 1.82) is 0 Å². The fourth-order valence-electron chi connectivity index (χ4n) is 1.47. The number of nitrogens with one attached hydrogen (secondary N) is 1. The molecule has 0 amide bonds. The van der Waals surface area contributed by atoms with Crippen LogP contribution in [0.4, 0.5) is 0 Å². The Bertz CT molecular complexity index is 193. The molecule has 0 spiro atoms. The third-order valence-electron chi connectivity index (χ3n) is 2.36. The molecule has 0 saturated carbocycles. The predicted octanol–water partition coefficient (Wildman–Crippen LogP) is 0.145. The zero-order chi connectivity index (χ0) is 11.1. The molecule has 1 aliphatic rings. The van der Waals surface area contributed by atoms with Crippen LogP contribution in [0.25, 0.3) is 0 Å². The molecule has 1 aliphatic heterocycles. The number of morpholine rings is 1. The van der Waals surface area contributed by atoms with Crippen molar-refractivity contribution in [2.45, 2.75) is 6.42 Å².